The molecule has 0 fully saturated rings. The van der Waals surface area contributed by atoms with Gasteiger partial charge in [0.15, 0.2) is 0 Å². The summed E-state index contributed by atoms with van der Waals surface area (Å²) in [5.74, 6) is 0.345. The van der Waals surface area contributed by atoms with Crippen LogP contribution in [0.1, 0.15) is 59.3 Å². The molecule has 0 N–H and O–H groups in total. The fourth-order valence-corrected chi connectivity index (χ4v) is 1.48. The molecule has 3 heteroatoms. The van der Waals surface area contributed by atoms with Crippen molar-refractivity contribution in [3.05, 3.63) is 0 Å². The third-order valence-corrected chi connectivity index (χ3v) is 2.75. The number of carbonyl (C=O) groups is 2. The van der Waals surface area contributed by atoms with E-state index in [0.717, 1.165) is 18.8 Å². The van der Waals surface area contributed by atoms with E-state index in [9.17, 15) is 9.59 Å². The van der Waals surface area contributed by atoms with Gasteiger partial charge in [-0.1, -0.05) is 33.1 Å². The Morgan fingerprint density at radius 3 is 2.44 bits per heavy atom. The molecule has 1 atom stereocenters. The molecular formula is C13H24O3. The zero-order valence-corrected chi connectivity index (χ0v) is 10.8. The Morgan fingerprint density at radius 2 is 1.88 bits per heavy atom. The monoisotopic (exact) mass is 228 g/mol. The van der Waals surface area contributed by atoms with Crippen molar-refractivity contribution in [3.8, 4) is 0 Å². The lowest BCUT2D eigenvalue weighted by atomic mass is 10.00. The van der Waals surface area contributed by atoms with Crippen molar-refractivity contribution in [2.24, 2.45) is 5.92 Å². The van der Waals surface area contributed by atoms with E-state index in [2.05, 4.69) is 13.8 Å². The lowest BCUT2D eigenvalue weighted by Gasteiger charge is -2.07. The summed E-state index contributed by atoms with van der Waals surface area (Å²) in [5.41, 5.74) is 0. The summed E-state index contributed by atoms with van der Waals surface area (Å²) in [4.78, 5) is 22.3. The fourth-order valence-electron chi connectivity index (χ4n) is 1.48. The third-order valence-electron chi connectivity index (χ3n) is 2.75. The molecule has 0 rings (SSSR count). The molecule has 0 aliphatic carbocycles. The van der Waals surface area contributed by atoms with Crippen LogP contribution in [-0.4, -0.2) is 18.4 Å². The SMILES string of the molecule is CCOC(=O)CC(=O)CCCC[C@@H](C)CC. The minimum Gasteiger partial charge on any atom is -0.466 e. The Labute approximate surface area is 98.6 Å². The smallest absolute Gasteiger partial charge is 0.313 e. The van der Waals surface area contributed by atoms with E-state index in [1.165, 1.54) is 12.8 Å². The van der Waals surface area contributed by atoms with E-state index in [1.54, 1.807) is 6.92 Å². The predicted molar refractivity (Wildman–Crippen MR) is 64.2 cm³/mol. The summed E-state index contributed by atoms with van der Waals surface area (Å²) in [5, 5.41) is 0. The summed E-state index contributed by atoms with van der Waals surface area (Å²) >= 11 is 0. The Hall–Kier alpha value is -0.860. The Kier molecular flexibility index (Phi) is 8.87. The molecule has 0 saturated heterocycles. The summed E-state index contributed by atoms with van der Waals surface area (Å²) < 4.78 is 4.71. The maximum Gasteiger partial charge on any atom is 0.313 e. The number of ether oxygens (including phenoxy) is 1. The molecule has 94 valence electrons. The average molecular weight is 228 g/mol. The average Bonchev–Trinajstić information content (AvgIpc) is 2.24. The van der Waals surface area contributed by atoms with Gasteiger partial charge in [-0.05, 0) is 19.3 Å². The summed E-state index contributed by atoms with van der Waals surface area (Å²) in [6.07, 6.45) is 4.78. The highest BCUT2D eigenvalue weighted by molar-refractivity contribution is 5.95. The van der Waals surface area contributed by atoms with Gasteiger partial charge < -0.3 is 4.74 Å². The Balaban J connectivity index is 3.47. The summed E-state index contributed by atoms with van der Waals surface area (Å²) in [6, 6.07) is 0. The summed E-state index contributed by atoms with van der Waals surface area (Å²) in [7, 11) is 0. The van der Waals surface area contributed by atoms with Crippen LogP contribution in [0.3, 0.4) is 0 Å². The molecule has 0 aliphatic rings. The molecule has 0 unspecified atom stereocenters. The highest BCUT2D eigenvalue weighted by atomic mass is 16.5. The zero-order chi connectivity index (χ0) is 12.4. The van der Waals surface area contributed by atoms with Gasteiger partial charge in [0.2, 0.25) is 0 Å². The van der Waals surface area contributed by atoms with Crippen molar-refractivity contribution >= 4 is 11.8 Å². The third kappa shape index (κ3) is 8.45. The molecule has 0 aliphatic heterocycles. The molecule has 0 amide bonds. The predicted octanol–water partition coefficient (Wildman–Crippen LogP) is 3.12. The van der Waals surface area contributed by atoms with Crippen molar-refractivity contribution in [2.75, 3.05) is 6.61 Å². The first-order valence-electron chi connectivity index (χ1n) is 6.27. The molecular weight excluding hydrogens is 204 g/mol. The first kappa shape index (κ1) is 15.1. The van der Waals surface area contributed by atoms with E-state index in [-0.39, 0.29) is 12.2 Å². The van der Waals surface area contributed by atoms with Gasteiger partial charge in [-0.2, -0.15) is 0 Å². The highest BCUT2D eigenvalue weighted by Crippen LogP contribution is 2.12. The number of Topliss-reactive ketones (excluding diaryl/α,β-unsaturated/α-hetero) is 1. The number of hydrogen-bond acceptors (Lipinski definition) is 3. The van der Waals surface area contributed by atoms with Gasteiger partial charge in [0, 0.05) is 6.42 Å². The van der Waals surface area contributed by atoms with Gasteiger partial charge in [-0.15, -0.1) is 0 Å². The van der Waals surface area contributed by atoms with Crippen LogP contribution in [0.15, 0.2) is 0 Å². The van der Waals surface area contributed by atoms with Crippen molar-refractivity contribution in [3.63, 3.8) is 0 Å². The molecule has 0 saturated carbocycles. The zero-order valence-electron chi connectivity index (χ0n) is 10.8. The second-order valence-electron chi connectivity index (χ2n) is 4.28. The van der Waals surface area contributed by atoms with Gasteiger partial charge in [-0.3, -0.25) is 9.59 Å². The van der Waals surface area contributed by atoms with Gasteiger partial charge >= 0.3 is 5.97 Å². The lowest BCUT2D eigenvalue weighted by molar-refractivity contribution is -0.145. The number of ketones is 1. The minimum atomic E-state index is -0.394. The largest absolute Gasteiger partial charge is 0.466 e. The van der Waals surface area contributed by atoms with Gasteiger partial charge in [0.25, 0.3) is 0 Å². The van der Waals surface area contributed by atoms with Crippen molar-refractivity contribution in [1.82, 2.24) is 0 Å². The molecule has 0 bridgehead atoms. The molecule has 0 heterocycles. The number of unbranched alkanes of at least 4 members (excludes halogenated alkanes) is 1. The highest BCUT2D eigenvalue weighted by Gasteiger charge is 2.09. The van der Waals surface area contributed by atoms with Gasteiger partial charge in [0.1, 0.15) is 12.2 Å². The van der Waals surface area contributed by atoms with E-state index in [4.69, 9.17) is 4.74 Å². The van der Waals surface area contributed by atoms with Crippen LogP contribution in [0.5, 0.6) is 0 Å². The Morgan fingerprint density at radius 1 is 1.19 bits per heavy atom. The topological polar surface area (TPSA) is 43.4 Å². The van der Waals surface area contributed by atoms with E-state index in [0.29, 0.717) is 13.0 Å². The number of esters is 1. The van der Waals surface area contributed by atoms with Crippen LogP contribution in [0.2, 0.25) is 0 Å². The van der Waals surface area contributed by atoms with E-state index in [1.807, 2.05) is 0 Å². The molecule has 16 heavy (non-hydrogen) atoms. The van der Waals surface area contributed by atoms with E-state index < -0.39 is 5.97 Å². The first-order chi connectivity index (χ1) is 7.60. The van der Waals surface area contributed by atoms with E-state index >= 15 is 0 Å². The molecule has 3 nitrogen and oxygen atoms in total. The number of hydrogen-bond donors (Lipinski definition) is 0. The standard InChI is InChI=1S/C13H24O3/c1-4-11(3)8-6-7-9-12(14)10-13(15)16-5-2/h11H,4-10H2,1-3H3/t11-/m0/s1. The molecule has 0 spiro atoms. The van der Waals surface area contributed by atoms with Crippen LogP contribution < -0.4 is 0 Å². The maximum atomic E-state index is 11.3. The normalized spacial score (nSPS) is 12.2. The van der Waals surface area contributed by atoms with Crippen LogP contribution in [0, 0.1) is 5.92 Å². The van der Waals surface area contributed by atoms with Crippen LogP contribution in [0.25, 0.3) is 0 Å². The number of carbonyl (C=O) groups excluding carboxylic acids is 2. The lowest BCUT2D eigenvalue weighted by Crippen LogP contribution is -2.10. The second-order valence-corrected chi connectivity index (χ2v) is 4.28. The summed E-state index contributed by atoms with van der Waals surface area (Å²) in [6.45, 7) is 6.49. The maximum absolute atomic E-state index is 11.3. The van der Waals surface area contributed by atoms with Crippen molar-refractivity contribution in [1.29, 1.82) is 0 Å². The van der Waals surface area contributed by atoms with Crippen molar-refractivity contribution in [2.45, 2.75) is 59.3 Å². The quantitative estimate of drug-likeness (QED) is 0.346. The van der Waals surface area contributed by atoms with Crippen LogP contribution in [0.4, 0.5) is 0 Å². The fraction of sp³-hybridized carbons (Fsp3) is 0.846. The first-order valence-corrected chi connectivity index (χ1v) is 6.27. The minimum absolute atomic E-state index is 0.00241. The molecule has 0 aromatic carbocycles. The second kappa shape index (κ2) is 9.37. The Bertz CT molecular complexity index is 211. The van der Waals surface area contributed by atoms with Crippen molar-refractivity contribution < 1.29 is 14.3 Å². The molecule has 0 aromatic rings. The van der Waals surface area contributed by atoms with Crippen LogP contribution in [-0.2, 0) is 14.3 Å². The van der Waals surface area contributed by atoms with Gasteiger partial charge in [-0.25, -0.2) is 0 Å². The molecule has 0 aromatic heterocycles. The van der Waals surface area contributed by atoms with Gasteiger partial charge in [0.05, 0.1) is 6.61 Å². The molecule has 0 radical (unpaired) electrons. The van der Waals surface area contributed by atoms with Crippen LogP contribution >= 0.6 is 0 Å². The number of rotatable bonds is 9.